The minimum Gasteiger partial charge on any atom is -0.355 e. The van der Waals surface area contributed by atoms with E-state index in [1.54, 1.807) is 29.2 Å². The van der Waals surface area contributed by atoms with Crippen molar-refractivity contribution in [3.05, 3.63) is 64.7 Å². The second-order valence-electron chi connectivity index (χ2n) is 6.28. The van der Waals surface area contributed by atoms with Gasteiger partial charge in [0.1, 0.15) is 5.92 Å². The first-order chi connectivity index (χ1) is 12.1. The molecule has 1 fully saturated rings. The number of amides is 2. The molecule has 1 heterocycles. The summed E-state index contributed by atoms with van der Waals surface area (Å²) in [6.45, 7) is 3.15. The highest BCUT2D eigenvalue weighted by Gasteiger charge is 2.37. The minimum absolute atomic E-state index is 0.143. The Morgan fingerprint density at radius 2 is 1.92 bits per heavy atom. The van der Waals surface area contributed by atoms with Gasteiger partial charge < -0.3 is 10.2 Å². The monoisotopic (exact) mass is 356 g/mol. The zero-order valence-electron chi connectivity index (χ0n) is 14.2. The fourth-order valence-corrected chi connectivity index (χ4v) is 3.26. The summed E-state index contributed by atoms with van der Waals surface area (Å²) in [5.41, 5.74) is 3.20. The fourth-order valence-electron chi connectivity index (χ4n) is 3.13. The lowest BCUT2D eigenvalue weighted by Gasteiger charge is -2.17. The van der Waals surface area contributed by atoms with Gasteiger partial charge in [-0.2, -0.15) is 0 Å². The van der Waals surface area contributed by atoms with Crippen molar-refractivity contribution in [2.24, 2.45) is 5.92 Å². The van der Waals surface area contributed by atoms with Crippen molar-refractivity contribution in [1.82, 2.24) is 5.32 Å². The number of halogens is 1. The molecule has 0 aliphatic carbocycles. The number of benzene rings is 2. The molecule has 0 aromatic heterocycles. The van der Waals surface area contributed by atoms with Crippen molar-refractivity contribution in [1.29, 1.82) is 0 Å². The summed E-state index contributed by atoms with van der Waals surface area (Å²) in [6, 6.07) is 15.2. The van der Waals surface area contributed by atoms with Crippen LogP contribution in [0.4, 0.5) is 5.69 Å². The van der Waals surface area contributed by atoms with E-state index in [0.717, 1.165) is 12.1 Å². The highest BCUT2D eigenvalue weighted by Crippen LogP contribution is 2.26. The number of nitrogens with zero attached hydrogens (tertiary/aromatic N) is 1. The highest BCUT2D eigenvalue weighted by molar-refractivity contribution is 6.30. The molecular formula is C20H21ClN2O2. The first-order valence-corrected chi connectivity index (χ1v) is 8.83. The SMILES string of the molecule is Cc1ccccc1CCNC(=O)C1CCN(c2ccc(Cl)cc2)C1=O. The first kappa shape index (κ1) is 17.5. The predicted molar refractivity (Wildman–Crippen MR) is 99.8 cm³/mol. The Kier molecular flexibility index (Phi) is 5.39. The Labute approximate surface area is 152 Å². The van der Waals surface area contributed by atoms with E-state index in [-0.39, 0.29) is 11.8 Å². The number of nitrogens with one attached hydrogen (secondary N) is 1. The molecule has 25 heavy (non-hydrogen) atoms. The van der Waals surface area contributed by atoms with Gasteiger partial charge in [0.15, 0.2) is 0 Å². The molecule has 2 amide bonds. The van der Waals surface area contributed by atoms with Crippen molar-refractivity contribution in [2.75, 3.05) is 18.0 Å². The Balaban J connectivity index is 1.55. The molecule has 1 saturated heterocycles. The Bertz CT molecular complexity index is 774. The van der Waals surface area contributed by atoms with Crippen LogP contribution in [0.2, 0.25) is 5.02 Å². The van der Waals surface area contributed by atoms with Crippen molar-refractivity contribution in [2.45, 2.75) is 19.8 Å². The molecule has 1 aliphatic rings. The maximum absolute atomic E-state index is 12.6. The van der Waals surface area contributed by atoms with Crippen LogP contribution >= 0.6 is 11.6 Å². The third-order valence-corrected chi connectivity index (χ3v) is 4.87. The molecule has 130 valence electrons. The van der Waals surface area contributed by atoms with Gasteiger partial charge in [0.2, 0.25) is 11.8 Å². The van der Waals surface area contributed by atoms with Crippen molar-refractivity contribution in [3.63, 3.8) is 0 Å². The van der Waals surface area contributed by atoms with E-state index in [4.69, 9.17) is 11.6 Å². The van der Waals surface area contributed by atoms with Crippen LogP contribution in [0, 0.1) is 12.8 Å². The Morgan fingerprint density at radius 1 is 1.20 bits per heavy atom. The summed E-state index contributed by atoms with van der Waals surface area (Å²) in [4.78, 5) is 26.6. The van der Waals surface area contributed by atoms with E-state index in [1.807, 2.05) is 12.1 Å². The largest absolute Gasteiger partial charge is 0.355 e. The summed E-state index contributed by atoms with van der Waals surface area (Å²) in [5.74, 6) is -0.932. The molecule has 1 unspecified atom stereocenters. The summed E-state index contributed by atoms with van der Waals surface area (Å²) >= 11 is 5.89. The predicted octanol–water partition coefficient (Wildman–Crippen LogP) is 3.36. The topological polar surface area (TPSA) is 49.4 Å². The molecule has 1 atom stereocenters. The maximum atomic E-state index is 12.6. The van der Waals surface area contributed by atoms with Crippen LogP contribution < -0.4 is 10.2 Å². The van der Waals surface area contributed by atoms with Crippen LogP contribution in [0.5, 0.6) is 0 Å². The van der Waals surface area contributed by atoms with E-state index < -0.39 is 5.92 Å². The zero-order chi connectivity index (χ0) is 17.8. The van der Waals surface area contributed by atoms with Gasteiger partial charge >= 0.3 is 0 Å². The van der Waals surface area contributed by atoms with Gasteiger partial charge in [-0.25, -0.2) is 0 Å². The Hall–Kier alpha value is -2.33. The number of anilines is 1. The van der Waals surface area contributed by atoms with Crippen molar-refractivity contribution >= 4 is 29.1 Å². The van der Waals surface area contributed by atoms with Crippen molar-refractivity contribution < 1.29 is 9.59 Å². The van der Waals surface area contributed by atoms with Gasteiger partial charge in [0.25, 0.3) is 0 Å². The molecule has 3 rings (SSSR count). The quantitative estimate of drug-likeness (QED) is 0.835. The fraction of sp³-hybridized carbons (Fsp3) is 0.300. The molecule has 2 aromatic carbocycles. The molecule has 1 aliphatic heterocycles. The van der Waals surface area contributed by atoms with Crippen LogP contribution in [-0.2, 0) is 16.0 Å². The minimum atomic E-state index is -0.604. The van der Waals surface area contributed by atoms with Gasteiger partial charge in [0.05, 0.1) is 0 Å². The number of rotatable bonds is 5. The maximum Gasteiger partial charge on any atom is 0.239 e. The molecule has 0 saturated carbocycles. The smallest absolute Gasteiger partial charge is 0.239 e. The first-order valence-electron chi connectivity index (χ1n) is 8.45. The molecule has 2 aromatic rings. The van der Waals surface area contributed by atoms with Gasteiger partial charge in [-0.1, -0.05) is 35.9 Å². The normalized spacial score (nSPS) is 17.0. The van der Waals surface area contributed by atoms with E-state index >= 15 is 0 Å². The molecule has 4 nitrogen and oxygen atoms in total. The summed E-state index contributed by atoms with van der Waals surface area (Å²) in [5, 5.41) is 3.53. The van der Waals surface area contributed by atoms with Crippen LogP contribution in [0.3, 0.4) is 0 Å². The van der Waals surface area contributed by atoms with Crippen LogP contribution in [0.1, 0.15) is 17.5 Å². The summed E-state index contributed by atoms with van der Waals surface area (Å²) in [6.07, 6.45) is 1.30. The van der Waals surface area contributed by atoms with E-state index in [2.05, 4.69) is 24.4 Å². The third-order valence-electron chi connectivity index (χ3n) is 4.62. The van der Waals surface area contributed by atoms with Gasteiger partial charge in [0, 0.05) is 23.8 Å². The molecule has 0 spiro atoms. The number of carbonyl (C=O) groups excluding carboxylic acids is 2. The molecular weight excluding hydrogens is 336 g/mol. The van der Waals surface area contributed by atoms with Crippen LogP contribution in [0.25, 0.3) is 0 Å². The number of hydrogen-bond acceptors (Lipinski definition) is 2. The van der Waals surface area contributed by atoms with Gasteiger partial charge in [-0.05, 0) is 55.2 Å². The second-order valence-corrected chi connectivity index (χ2v) is 6.71. The molecule has 1 N–H and O–H groups in total. The molecule has 5 heteroatoms. The lowest BCUT2D eigenvalue weighted by Crippen LogP contribution is -2.37. The lowest BCUT2D eigenvalue weighted by atomic mass is 10.1. The number of carbonyl (C=O) groups is 2. The third kappa shape index (κ3) is 4.02. The van der Waals surface area contributed by atoms with Crippen LogP contribution in [0.15, 0.2) is 48.5 Å². The van der Waals surface area contributed by atoms with E-state index in [0.29, 0.717) is 24.5 Å². The van der Waals surface area contributed by atoms with Gasteiger partial charge in [-0.15, -0.1) is 0 Å². The van der Waals surface area contributed by atoms with Crippen molar-refractivity contribution in [3.8, 4) is 0 Å². The molecule has 0 radical (unpaired) electrons. The molecule has 0 bridgehead atoms. The average Bonchev–Trinajstić information content (AvgIpc) is 2.99. The van der Waals surface area contributed by atoms with E-state index in [9.17, 15) is 9.59 Å². The average molecular weight is 357 g/mol. The number of hydrogen-bond donors (Lipinski definition) is 1. The zero-order valence-corrected chi connectivity index (χ0v) is 14.9. The highest BCUT2D eigenvalue weighted by atomic mass is 35.5. The standard InChI is InChI=1S/C20H21ClN2O2/c1-14-4-2-3-5-15(14)10-12-22-19(24)18-11-13-23(20(18)25)17-8-6-16(21)7-9-17/h2-9,18H,10-13H2,1H3,(H,22,24). The Morgan fingerprint density at radius 3 is 2.64 bits per heavy atom. The summed E-state index contributed by atoms with van der Waals surface area (Å²) in [7, 11) is 0. The van der Waals surface area contributed by atoms with E-state index in [1.165, 1.54) is 11.1 Å². The second kappa shape index (κ2) is 7.70. The van der Waals surface area contributed by atoms with Gasteiger partial charge in [-0.3, -0.25) is 9.59 Å². The number of aryl methyl sites for hydroxylation is 1. The van der Waals surface area contributed by atoms with Crippen LogP contribution in [-0.4, -0.2) is 24.9 Å². The lowest BCUT2D eigenvalue weighted by molar-refractivity contribution is -0.132. The summed E-state index contributed by atoms with van der Waals surface area (Å²) < 4.78 is 0.